The Kier molecular flexibility index (Phi) is 3.00. The van der Waals surface area contributed by atoms with Crippen LogP contribution in [0.4, 0.5) is 0 Å². The fraction of sp³-hybridized carbons (Fsp3) is 0.0833. The van der Waals surface area contributed by atoms with Crippen molar-refractivity contribution in [2.45, 2.75) is 6.92 Å². The standard InChI is InChI=1S/C12H10N2O3/c1-8-2-3-9(6-13-8)17-10-4-5-11(12(15)16)14-7-10/h2-7H,1H3,(H,15,16). The largest absolute Gasteiger partial charge is 0.477 e. The lowest BCUT2D eigenvalue weighted by Crippen LogP contribution is -1.99. The van der Waals surface area contributed by atoms with Crippen molar-refractivity contribution < 1.29 is 14.6 Å². The number of aromatic nitrogens is 2. The molecule has 1 N–H and O–H groups in total. The molecule has 0 unspecified atom stereocenters. The molecule has 0 aromatic carbocycles. The van der Waals surface area contributed by atoms with Gasteiger partial charge in [0, 0.05) is 5.69 Å². The maximum absolute atomic E-state index is 10.6. The number of carboxylic acid groups (broad SMARTS) is 1. The second kappa shape index (κ2) is 4.61. The number of nitrogens with zero attached hydrogens (tertiary/aromatic N) is 2. The average Bonchev–Trinajstić information content (AvgIpc) is 2.33. The normalized spacial score (nSPS) is 9.94. The fourth-order valence-corrected chi connectivity index (χ4v) is 1.22. The summed E-state index contributed by atoms with van der Waals surface area (Å²) in [6.07, 6.45) is 2.96. The Morgan fingerprint density at radius 2 is 1.76 bits per heavy atom. The van der Waals surface area contributed by atoms with Crippen molar-refractivity contribution in [3.05, 3.63) is 48.0 Å². The number of rotatable bonds is 3. The van der Waals surface area contributed by atoms with E-state index < -0.39 is 5.97 Å². The molecule has 5 heteroatoms. The highest BCUT2D eigenvalue weighted by molar-refractivity contribution is 5.85. The van der Waals surface area contributed by atoms with Crippen LogP contribution >= 0.6 is 0 Å². The Labute approximate surface area is 97.7 Å². The van der Waals surface area contributed by atoms with Gasteiger partial charge in [-0.1, -0.05) is 0 Å². The van der Waals surface area contributed by atoms with Crippen molar-refractivity contribution in [1.29, 1.82) is 0 Å². The summed E-state index contributed by atoms with van der Waals surface area (Å²) in [5, 5.41) is 8.68. The zero-order valence-corrected chi connectivity index (χ0v) is 9.12. The SMILES string of the molecule is Cc1ccc(Oc2ccc(C(=O)O)nc2)cn1. The molecule has 0 spiro atoms. The van der Waals surface area contributed by atoms with Gasteiger partial charge in [0.1, 0.15) is 17.2 Å². The van der Waals surface area contributed by atoms with Crippen LogP contribution in [-0.2, 0) is 0 Å². The predicted octanol–water partition coefficient (Wildman–Crippen LogP) is 2.28. The minimum atomic E-state index is -1.06. The van der Waals surface area contributed by atoms with Crippen molar-refractivity contribution in [3.63, 3.8) is 0 Å². The Morgan fingerprint density at radius 1 is 1.12 bits per heavy atom. The molecule has 0 amide bonds. The molecule has 0 saturated carbocycles. The van der Waals surface area contributed by atoms with Crippen LogP contribution in [0.1, 0.15) is 16.2 Å². The molecule has 0 aliphatic rings. The van der Waals surface area contributed by atoms with E-state index in [0.717, 1.165) is 5.69 Å². The van der Waals surface area contributed by atoms with Crippen LogP contribution in [0.2, 0.25) is 0 Å². The highest BCUT2D eigenvalue weighted by atomic mass is 16.5. The van der Waals surface area contributed by atoms with Gasteiger partial charge < -0.3 is 9.84 Å². The van der Waals surface area contributed by atoms with Gasteiger partial charge in [-0.15, -0.1) is 0 Å². The average molecular weight is 230 g/mol. The number of hydrogen-bond donors (Lipinski definition) is 1. The van der Waals surface area contributed by atoms with Crippen molar-refractivity contribution in [2.75, 3.05) is 0 Å². The van der Waals surface area contributed by atoms with E-state index in [1.54, 1.807) is 18.3 Å². The van der Waals surface area contributed by atoms with E-state index in [9.17, 15) is 4.79 Å². The van der Waals surface area contributed by atoms with E-state index in [1.165, 1.54) is 12.3 Å². The molecule has 0 atom stereocenters. The zero-order chi connectivity index (χ0) is 12.3. The molecule has 2 aromatic rings. The Bertz CT molecular complexity index is 520. The number of aromatic carboxylic acids is 1. The predicted molar refractivity (Wildman–Crippen MR) is 60.2 cm³/mol. The van der Waals surface area contributed by atoms with Crippen LogP contribution in [0.25, 0.3) is 0 Å². The molecule has 0 fully saturated rings. The summed E-state index contributed by atoms with van der Waals surface area (Å²) < 4.78 is 5.45. The molecule has 0 saturated heterocycles. The van der Waals surface area contributed by atoms with E-state index in [4.69, 9.17) is 9.84 Å². The van der Waals surface area contributed by atoms with Crippen LogP contribution in [0.5, 0.6) is 11.5 Å². The maximum Gasteiger partial charge on any atom is 0.354 e. The van der Waals surface area contributed by atoms with E-state index in [1.807, 2.05) is 13.0 Å². The van der Waals surface area contributed by atoms with Gasteiger partial charge in [-0.3, -0.25) is 4.98 Å². The Balaban J connectivity index is 2.13. The molecule has 0 radical (unpaired) electrons. The minimum Gasteiger partial charge on any atom is -0.477 e. The summed E-state index contributed by atoms with van der Waals surface area (Å²) in [4.78, 5) is 18.4. The molecule has 2 aromatic heterocycles. The van der Waals surface area contributed by atoms with Gasteiger partial charge in [0.15, 0.2) is 0 Å². The number of carboxylic acids is 1. The monoisotopic (exact) mass is 230 g/mol. The minimum absolute atomic E-state index is 0.0145. The summed E-state index contributed by atoms with van der Waals surface area (Å²) in [7, 11) is 0. The summed E-state index contributed by atoms with van der Waals surface area (Å²) >= 11 is 0. The van der Waals surface area contributed by atoms with E-state index in [0.29, 0.717) is 11.5 Å². The smallest absolute Gasteiger partial charge is 0.354 e. The van der Waals surface area contributed by atoms with Gasteiger partial charge in [0.05, 0.1) is 12.4 Å². The maximum atomic E-state index is 10.6. The van der Waals surface area contributed by atoms with Crippen LogP contribution in [0, 0.1) is 6.92 Å². The quantitative estimate of drug-likeness (QED) is 0.875. The highest BCUT2D eigenvalue weighted by Crippen LogP contribution is 2.19. The van der Waals surface area contributed by atoms with Crippen LogP contribution in [0.15, 0.2) is 36.7 Å². The molecule has 2 heterocycles. The van der Waals surface area contributed by atoms with E-state index >= 15 is 0 Å². The van der Waals surface area contributed by atoms with Crippen molar-refractivity contribution >= 4 is 5.97 Å². The molecule has 5 nitrogen and oxygen atoms in total. The molecule has 0 aliphatic heterocycles. The van der Waals surface area contributed by atoms with Gasteiger partial charge in [0.25, 0.3) is 0 Å². The van der Waals surface area contributed by atoms with Gasteiger partial charge in [-0.2, -0.15) is 0 Å². The third kappa shape index (κ3) is 2.78. The number of pyridine rings is 2. The van der Waals surface area contributed by atoms with Gasteiger partial charge >= 0.3 is 5.97 Å². The number of hydrogen-bond acceptors (Lipinski definition) is 4. The van der Waals surface area contributed by atoms with E-state index in [2.05, 4.69) is 9.97 Å². The fourth-order valence-electron chi connectivity index (χ4n) is 1.22. The van der Waals surface area contributed by atoms with Crippen LogP contribution < -0.4 is 4.74 Å². The Morgan fingerprint density at radius 3 is 2.24 bits per heavy atom. The Hall–Kier alpha value is -2.43. The number of carbonyl (C=O) groups is 1. The molecule has 86 valence electrons. The lowest BCUT2D eigenvalue weighted by molar-refractivity contribution is 0.0690. The van der Waals surface area contributed by atoms with Crippen LogP contribution in [-0.4, -0.2) is 21.0 Å². The molecule has 0 bridgehead atoms. The van der Waals surface area contributed by atoms with Gasteiger partial charge in [-0.05, 0) is 31.2 Å². The molecule has 17 heavy (non-hydrogen) atoms. The first-order valence-corrected chi connectivity index (χ1v) is 4.95. The van der Waals surface area contributed by atoms with Crippen molar-refractivity contribution in [3.8, 4) is 11.5 Å². The third-order valence-corrected chi connectivity index (χ3v) is 2.08. The summed E-state index contributed by atoms with van der Waals surface area (Å²) in [5.41, 5.74) is 0.885. The van der Waals surface area contributed by atoms with E-state index in [-0.39, 0.29) is 5.69 Å². The second-order valence-electron chi connectivity index (χ2n) is 3.42. The van der Waals surface area contributed by atoms with Gasteiger partial charge in [0.2, 0.25) is 0 Å². The van der Waals surface area contributed by atoms with Crippen LogP contribution in [0.3, 0.4) is 0 Å². The summed E-state index contributed by atoms with van der Waals surface area (Å²) in [6, 6.07) is 6.55. The summed E-state index contributed by atoms with van der Waals surface area (Å²) in [5.74, 6) is -0.00493. The first kappa shape index (κ1) is 11.1. The zero-order valence-electron chi connectivity index (χ0n) is 9.12. The summed E-state index contributed by atoms with van der Waals surface area (Å²) in [6.45, 7) is 1.88. The number of ether oxygens (including phenoxy) is 1. The lowest BCUT2D eigenvalue weighted by Gasteiger charge is -2.04. The van der Waals surface area contributed by atoms with Gasteiger partial charge in [-0.25, -0.2) is 9.78 Å². The molecule has 0 aliphatic carbocycles. The molecule has 2 rings (SSSR count). The number of aryl methyl sites for hydroxylation is 1. The topological polar surface area (TPSA) is 72.3 Å². The molecular weight excluding hydrogens is 220 g/mol. The highest BCUT2D eigenvalue weighted by Gasteiger charge is 2.04. The lowest BCUT2D eigenvalue weighted by atomic mass is 10.3. The first-order valence-electron chi connectivity index (χ1n) is 4.95. The molecular formula is C12H10N2O3. The van der Waals surface area contributed by atoms with Crippen molar-refractivity contribution in [2.24, 2.45) is 0 Å². The third-order valence-electron chi connectivity index (χ3n) is 2.08. The van der Waals surface area contributed by atoms with Crippen molar-refractivity contribution in [1.82, 2.24) is 9.97 Å². The second-order valence-corrected chi connectivity index (χ2v) is 3.42. The first-order chi connectivity index (χ1) is 8.15.